The van der Waals surface area contributed by atoms with E-state index in [0.29, 0.717) is 16.0 Å². The van der Waals surface area contributed by atoms with Gasteiger partial charge in [0.2, 0.25) is 0 Å². The molecule has 0 heterocycles. The molecule has 21 heavy (non-hydrogen) atoms. The largest absolute Gasteiger partial charge is 0.376 e. The van der Waals surface area contributed by atoms with E-state index in [2.05, 4.69) is 33.4 Å². The smallest absolute Gasteiger partial charge is 0.0724 e. The van der Waals surface area contributed by atoms with Crippen LogP contribution in [0.1, 0.15) is 24.4 Å². The predicted molar refractivity (Wildman–Crippen MR) is 94.7 cm³/mol. The van der Waals surface area contributed by atoms with E-state index in [1.165, 1.54) is 18.4 Å². The Morgan fingerprint density at radius 1 is 1.00 bits per heavy atom. The summed E-state index contributed by atoms with van der Waals surface area (Å²) in [6.07, 6.45) is 2.43. The van der Waals surface area contributed by atoms with Gasteiger partial charge in [-0.3, -0.25) is 0 Å². The van der Waals surface area contributed by atoms with E-state index >= 15 is 0 Å². The Morgan fingerprint density at radius 2 is 1.57 bits per heavy atom. The third kappa shape index (κ3) is 3.68. The first kappa shape index (κ1) is 15.5. The molecule has 0 amide bonds. The summed E-state index contributed by atoms with van der Waals surface area (Å²) in [5.74, 6) is 0.613. The number of benzene rings is 2. The molecule has 0 bridgehead atoms. The standard InChI is InChI=1S/C16H13BrCl3N/c17-11-7-13(19)16(14(20)8-11)21-15(9-1-2-9)10-3-5-12(18)6-4-10/h3-9,15,21H,1-2H2. The van der Waals surface area contributed by atoms with Crippen molar-refractivity contribution in [3.05, 3.63) is 61.5 Å². The van der Waals surface area contributed by atoms with Crippen LogP contribution in [0.25, 0.3) is 0 Å². The van der Waals surface area contributed by atoms with Gasteiger partial charge >= 0.3 is 0 Å². The maximum Gasteiger partial charge on any atom is 0.0724 e. The number of hydrogen-bond acceptors (Lipinski definition) is 1. The molecule has 1 N–H and O–H groups in total. The van der Waals surface area contributed by atoms with Gasteiger partial charge in [-0.15, -0.1) is 0 Å². The Labute approximate surface area is 147 Å². The average Bonchev–Trinajstić information content (AvgIpc) is 3.24. The summed E-state index contributed by atoms with van der Waals surface area (Å²) >= 11 is 22.0. The zero-order chi connectivity index (χ0) is 15.0. The third-order valence-corrected chi connectivity index (χ3v) is 4.94. The summed E-state index contributed by atoms with van der Waals surface area (Å²) in [5, 5.41) is 5.50. The van der Waals surface area contributed by atoms with E-state index < -0.39 is 0 Å². The van der Waals surface area contributed by atoms with Crippen LogP contribution in [0.15, 0.2) is 40.9 Å². The summed E-state index contributed by atoms with van der Waals surface area (Å²) in [6, 6.07) is 11.8. The van der Waals surface area contributed by atoms with Crippen molar-refractivity contribution in [1.29, 1.82) is 0 Å². The highest BCUT2D eigenvalue weighted by Crippen LogP contribution is 2.45. The Hall–Kier alpha value is -0.410. The first-order chi connectivity index (χ1) is 10.0. The molecular formula is C16H13BrCl3N. The summed E-state index contributed by atoms with van der Waals surface area (Å²) in [6.45, 7) is 0. The molecule has 1 fully saturated rings. The second-order valence-corrected chi connectivity index (χ2v) is 7.42. The third-order valence-electron chi connectivity index (χ3n) is 3.63. The molecule has 3 rings (SSSR count). The van der Waals surface area contributed by atoms with Crippen LogP contribution >= 0.6 is 50.7 Å². The number of rotatable bonds is 4. The number of anilines is 1. The number of nitrogens with one attached hydrogen (secondary N) is 1. The Morgan fingerprint density at radius 3 is 2.10 bits per heavy atom. The first-order valence-corrected chi connectivity index (χ1v) is 8.64. The second-order valence-electron chi connectivity index (χ2n) is 5.26. The molecule has 1 aliphatic carbocycles. The molecule has 1 atom stereocenters. The highest BCUT2D eigenvalue weighted by atomic mass is 79.9. The SMILES string of the molecule is Clc1ccc(C(Nc2c(Cl)cc(Br)cc2Cl)C2CC2)cc1. The molecule has 2 aromatic carbocycles. The van der Waals surface area contributed by atoms with Gasteiger partial charge in [-0.2, -0.15) is 0 Å². The highest BCUT2D eigenvalue weighted by molar-refractivity contribution is 9.10. The van der Waals surface area contributed by atoms with Crippen molar-refractivity contribution in [2.75, 3.05) is 5.32 Å². The predicted octanol–water partition coefficient (Wildman–Crippen LogP) is 6.97. The van der Waals surface area contributed by atoms with Crippen molar-refractivity contribution in [2.45, 2.75) is 18.9 Å². The van der Waals surface area contributed by atoms with E-state index in [-0.39, 0.29) is 6.04 Å². The van der Waals surface area contributed by atoms with Crippen LogP contribution in [0.5, 0.6) is 0 Å². The van der Waals surface area contributed by atoms with Crippen LogP contribution < -0.4 is 5.32 Å². The van der Waals surface area contributed by atoms with Crippen molar-refractivity contribution in [1.82, 2.24) is 0 Å². The van der Waals surface area contributed by atoms with Gasteiger partial charge in [-0.05, 0) is 48.6 Å². The van der Waals surface area contributed by atoms with Gasteiger partial charge in [-0.1, -0.05) is 62.9 Å². The van der Waals surface area contributed by atoms with Crippen molar-refractivity contribution < 1.29 is 0 Å². The van der Waals surface area contributed by atoms with E-state index in [4.69, 9.17) is 34.8 Å². The lowest BCUT2D eigenvalue weighted by atomic mass is 10.0. The summed E-state index contributed by atoms with van der Waals surface area (Å²) in [7, 11) is 0. The Balaban J connectivity index is 1.91. The van der Waals surface area contributed by atoms with Gasteiger partial charge in [0.15, 0.2) is 0 Å². The molecule has 0 aliphatic heterocycles. The zero-order valence-electron chi connectivity index (χ0n) is 11.0. The van der Waals surface area contributed by atoms with Crippen LogP contribution in [0.3, 0.4) is 0 Å². The minimum atomic E-state index is 0.207. The minimum absolute atomic E-state index is 0.207. The first-order valence-electron chi connectivity index (χ1n) is 6.71. The van der Waals surface area contributed by atoms with Crippen LogP contribution in [-0.2, 0) is 0 Å². The molecular weight excluding hydrogens is 392 g/mol. The quantitative estimate of drug-likeness (QED) is 0.579. The zero-order valence-corrected chi connectivity index (χ0v) is 14.9. The molecule has 0 saturated heterocycles. The molecule has 1 nitrogen and oxygen atoms in total. The van der Waals surface area contributed by atoms with Crippen LogP contribution in [0, 0.1) is 5.92 Å². The lowest BCUT2D eigenvalue weighted by molar-refractivity contribution is 0.679. The van der Waals surface area contributed by atoms with Crippen molar-refractivity contribution in [2.24, 2.45) is 5.92 Å². The molecule has 0 radical (unpaired) electrons. The molecule has 1 saturated carbocycles. The van der Waals surface area contributed by atoms with Crippen molar-refractivity contribution in [3.63, 3.8) is 0 Å². The lowest BCUT2D eigenvalue weighted by Gasteiger charge is -2.22. The Bertz CT molecular complexity index is 630. The molecule has 110 valence electrons. The van der Waals surface area contributed by atoms with Crippen molar-refractivity contribution >= 4 is 56.4 Å². The number of halogens is 4. The summed E-state index contributed by atoms with van der Waals surface area (Å²) in [5.41, 5.74) is 1.99. The van der Waals surface area contributed by atoms with Crippen LogP contribution in [0.2, 0.25) is 15.1 Å². The van der Waals surface area contributed by atoms with Crippen LogP contribution in [0.4, 0.5) is 5.69 Å². The number of hydrogen-bond donors (Lipinski definition) is 1. The second kappa shape index (κ2) is 6.37. The van der Waals surface area contributed by atoms with Gasteiger partial charge in [0.25, 0.3) is 0 Å². The van der Waals surface area contributed by atoms with Crippen LogP contribution in [-0.4, -0.2) is 0 Å². The van der Waals surface area contributed by atoms with Gasteiger partial charge in [0, 0.05) is 9.50 Å². The highest BCUT2D eigenvalue weighted by Gasteiger charge is 2.33. The fourth-order valence-corrected chi connectivity index (χ4v) is 3.85. The van der Waals surface area contributed by atoms with E-state index in [1.54, 1.807) is 0 Å². The molecule has 0 spiro atoms. The molecule has 1 unspecified atom stereocenters. The van der Waals surface area contributed by atoms with Gasteiger partial charge < -0.3 is 5.32 Å². The summed E-state index contributed by atoms with van der Waals surface area (Å²) < 4.78 is 0.873. The van der Waals surface area contributed by atoms with Crippen molar-refractivity contribution in [3.8, 4) is 0 Å². The topological polar surface area (TPSA) is 12.0 Å². The average molecular weight is 406 g/mol. The fraction of sp³-hybridized carbons (Fsp3) is 0.250. The van der Waals surface area contributed by atoms with E-state index in [1.807, 2.05) is 24.3 Å². The minimum Gasteiger partial charge on any atom is -0.376 e. The van der Waals surface area contributed by atoms with Gasteiger partial charge in [-0.25, -0.2) is 0 Å². The molecule has 2 aromatic rings. The monoisotopic (exact) mass is 403 g/mol. The Kier molecular flexibility index (Phi) is 4.70. The maximum absolute atomic E-state index is 6.32. The molecule has 0 aromatic heterocycles. The molecule has 1 aliphatic rings. The van der Waals surface area contributed by atoms with Gasteiger partial charge in [0.05, 0.1) is 21.8 Å². The van der Waals surface area contributed by atoms with E-state index in [0.717, 1.165) is 15.2 Å². The maximum atomic E-state index is 6.32. The fourth-order valence-electron chi connectivity index (χ4n) is 2.41. The van der Waals surface area contributed by atoms with E-state index in [9.17, 15) is 0 Å². The molecule has 5 heteroatoms. The summed E-state index contributed by atoms with van der Waals surface area (Å²) in [4.78, 5) is 0. The van der Waals surface area contributed by atoms with Gasteiger partial charge in [0.1, 0.15) is 0 Å². The lowest BCUT2D eigenvalue weighted by Crippen LogP contribution is -2.13. The normalized spacial score (nSPS) is 15.8.